The Morgan fingerprint density at radius 2 is 1.86 bits per heavy atom. The van der Waals surface area contributed by atoms with Crippen molar-refractivity contribution in [2.45, 2.75) is 31.6 Å². The lowest BCUT2D eigenvalue weighted by Crippen LogP contribution is -2.41. The van der Waals surface area contributed by atoms with Crippen molar-refractivity contribution >= 4 is 21.6 Å². The van der Waals surface area contributed by atoms with Gasteiger partial charge in [-0.3, -0.25) is 4.79 Å². The van der Waals surface area contributed by atoms with Crippen LogP contribution in [-0.4, -0.2) is 46.4 Å². The molecule has 0 radical (unpaired) electrons. The van der Waals surface area contributed by atoms with Gasteiger partial charge in [-0.25, -0.2) is 12.7 Å². The number of ether oxygens (including phenoxy) is 1. The number of benzene rings is 2. The molecule has 1 aliphatic heterocycles. The van der Waals surface area contributed by atoms with E-state index in [1.807, 2.05) is 44.2 Å². The van der Waals surface area contributed by atoms with Gasteiger partial charge >= 0.3 is 0 Å². The Hall–Kier alpha value is -2.38. The molecule has 1 aliphatic rings. The Kier molecular flexibility index (Phi) is 5.74. The minimum Gasteiger partial charge on any atom is -0.496 e. The first-order chi connectivity index (χ1) is 13.6. The molecule has 0 aliphatic carbocycles. The average Bonchev–Trinajstić information content (AvgIpc) is 3.10. The van der Waals surface area contributed by atoms with Crippen molar-refractivity contribution in [3.05, 3.63) is 53.6 Å². The molecule has 0 saturated carbocycles. The van der Waals surface area contributed by atoms with Crippen LogP contribution >= 0.6 is 0 Å². The molecule has 29 heavy (non-hydrogen) atoms. The molecule has 2 aromatic carbocycles. The summed E-state index contributed by atoms with van der Waals surface area (Å²) >= 11 is 0. The van der Waals surface area contributed by atoms with Crippen LogP contribution in [0.5, 0.6) is 5.75 Å². The Bertz CT molecular complexity index is 1030. The predicted octanol–water partition coefficient (Wildman–Crippen LogP) is 3.10. The van der Waals surface area contributed by atoms with Gasteiger partial charge in [0.2, 0.25) is 15.9 Å². The molecule has 0 fully saturated rings. The first kappa shape index (κ1) is 21.3. The summed E-state index contributed by atoms with van der Waals surface area (Å²) in [6, 6.07) is 12.7. The molecule has 0 bridgehead atoms. The van der Waals surface area contributed by atoms with Gasteiger partial charge < -0.3 is 9.64 Å². The fraction of sp³-hybridized carbons (Fsp3) is 0.409. The topological polar surface area (TPSA) is 66.9 Å². The van der Waals surface area contributed by atoms with Crippen LogP contribution in [0.2, 0.25) is 0 Å². The highest BCUT2D eigenvalue weighted by Crippen LogP contribution is 2.36. The zero-order valence-electron chi connectivity index (χ0n) is 17.6. The summed E-state index contributed by atoms with van der Waals surface area (Å²) in [5.41, 5.74) is 1.97. The smallest absolute Gasteiger partial charge is 0.242 e. The second kappa shape index (κ2) is 7.80. The van der Waals surface area contributed by atoms with Crippen molar-refractivity contribution in [2.24, 2.45) is 5.41 Å². The fourth-order valence-electron chi connectivity index (χ4n) is 3.71. The van der Waals surface area contributed by atoms with Gasteiger partial charge in [0.25, 0.3) is 0 Å². The third kappa shape index (κ3) is 4.02. The highest BCUT2D eigenvalue weighted by molar-refractivity contribution is 7.89. The summed E-state index contributed by atoms with van der Waals surface area (Å²) in [6.45, 7) is 4.38. The number of para-hydroxylation sites is 1. The average molecular weight is 417 g/mol. The molecular weight excluding hydrogens is 388 g/mol. The molecule has 0 N–H and O–H groups in total. The molecule has 1 amide bonds. The van der Waals surface area contributed by atoms with E-state index in [0.717, 1.165) is 16.9 Å². The van der Waals surface area contributed by atoms with Crippen LogP contribution < -0.4 is 9.64 Å². The summed E-state index contributed by atoms with van der Waals surface area (Å²) in [7, 11) is 1.06. The largest absolute Gasteiger partial charge is 0.496 e. The standard InChI is InChI=1S/C22H28N2O4S/c1-22(2,15-17-8-6-7-9-20(17)28-5)21(25)24-13-12-16-10-11-18(14-19(16)24)29(26,27)23(3)4/h6-11,14H,12-13,15H2,1-5H3. The number of nitrogens with zero attached hydrogens (tertiary/aromatic N) is 2. The molecule has 7 heteroatoms. The zero-order valence-corrected chi connectivity index (χ0v) is 18.4. The van der Waals surface area contributed by atoms with Gasteiger partial charge in [0, 0.05) is 31.7 Å². The van der Waals surface area contributed by atoms with Crippen molar-refractivity contribution in [1.29, 1.82) is 0 Å². The van der Waals surface area contributed by atoms with Gasteiger partial charge in [-0.2, -0.15) is 0 Å². The first-order valence-corrected chi connectivity index (χ1v) is 11.0. The molecule has 0 atom stereocenters. The number of carbonyl (C=O) groups excluding carboxylic acids is 1. The van der Waals surface area contributed by atoms with Gasteiger partial charge in [0.15, 0.2) is 0 Å². The lowest BCUT2D eigenvalue weighted by Gasteiger charge is -2.30. The van der Waals surface area contributed by atoms with Crippen molar-refractivity contribution < 1.29 is 17.9 Å². The predicted molar refractivity (Wildman–Crippen MR) is 114 cm³/mol. The SMILES string of the molecule is COc1ccccc1CC(C)(C)C(=O)N1CCc2ccc(S(=O)(=O)N(C)C)cc21. The lowest BCUT2D eigenvalue weighted by atomic mass is 9.84. The fourth-order valence-corrected chi connectivity index (χ4v) is 4.63. The van der Waals surface area contributed by atoms with Gasteiger partial charge in [-0.1, -0.05) is 38.1 Å². The van der Waals surface area contributed by atoms with Gasteiger partial charge in [-0.05, 0) is 42.2 Å². The highest BCUT2D eigenvalue weighted by Gasteiger charge is 2.37. The van der Waals surface area contributed by atoms with Crippen molar-refractivity contribution in [3.8, 4) is 5.75 Å². The van der Waals surface area contributed by atoms with Crippen LogP contribution in [0.4, 0.5) is 5.69 Å². The quantitative estimate of drug-likeness (QED) is 0.726. The Labute approximate surface area is 173 Å². The molecule has 0 spiro atoms. The molecule has 0 unspecified atom stereocenters. The Morgan fingerprint density at radius 3 is 2.52 bits per heavy atom. The number of anilines is 1. The maximum absolute atomic E-state index is 13.5. The number of rotatable bonds is 6. The second-order valence-corrected chi connectivity index (χ2v) is 10.3. The summed E-state index contributed by atoms with van der Waals surface area (Å²) in [6.07, 6.45) is 1.24. The maximum atomic E-state index is 13.5. The summed E-state index contributed by atoms with van der Waals surface area (Å²) in [5, 5.41) is 0. The minimum absolute atomic E-state index is 0.0263. The third-order valence-electron chi connectivity index (χ3n) is 5.38. The number of carbonyl (C=O) groups is 1. The molecular formula is C22H28N2O4S. The zero-order chi connectivity index (χ0) is 21.4. The van der Waals surface area contributed by atoms with E-state index in [1.54, 1.807) is 24.1 Å². The monoisotopic (exact) mass is 416 g/mol. The normalized spacial score (nSPS) is 14.2. The van der Waals surface area contributed by atoms with Crippen LogP contribution in [0, 0.1) is 5.41 Å². The van der Waals surface area contributed by atoms with E-state index in [1.165, 1.54) is 18.4 Å². The number of amides is 1. The summed E-state index contributed by atoms with van der Waals surface area (Å²) in [4.78, 5) is 15.4. The molecule has 6 nitrogen and oxygen atoms in total. The number of methoxy groups -OCH3 is 1. The Balaban J connectivity index is 1.92. The highest BCUT2D eigenvalue weighted by atomic mass is 32.2. The van der Waals surface area contributed by atoms with Crippen LogP contribution in [-0.2, 0) is 27.7 Å². The van der Waals surface area contributed by atoms with Crippen LogP contribution in [0.3, 0.4) is 0 Å². The van der Waals surface area contributed by atoms with Crippen LogP contribution in [0.15, 0.2) is 47.4 Å². The van der Waals surface area contributed by atoms with E-state index in [0.29, 0.717) is 25.1 Å². The van der Waals surface area contributed by atoms with Crippen LogP contribution in [0.1, 0.15) is 25.0 Å². The number of hydrogen-bond donors (Lipinski definition) is 0. The molecule has 156 valence electrons. The van der Waals surface area contributed by atoms with Crippen molar-refractivity contribution in [2.75, 3.05) is 32.6 Å². The summed E-state index contributed by atoms with van der Waals surface area (Å²) < 4.78 is 31.7. The van der Waals surface area contributed by atoms with Gasteiger partial charge in [0.05, 0.1) is 12.0 Å². The maximum Gasteiger partial charge on any atom is 0.242 e. The van der Waals surface area contributed by atoms with E-state index in [4.69, 9.17) is 4.74 Å². The van der Waals surface area contributed by atoms with Crippen molar-refractivity contribution in [1.82, 2.24) is 4.31 Å². The lowest BCUT2D eigenvalue weighted by molar-refractivity contribution is -0.126. The Morgan fingerprint density at radius 1 is 1.17 bits per heavy atom. The number of sulfonamides is 1. The third-order valence-corrected chi connectivity index (χ3v) is 7.19. The molecule has 2 aromatic rings. The molecule has 0 saturated heterocycles. The van der Waals surface area contributed by atoms with Gasteiger partial charge in [0.1, 0.15) is 5.75 Å². The first-order valence-electron chi connectivity index (χ1n) is 9.57. The molecule has 1 heterocycles. The van der Waals surface area contributed by atoms with E-state index < -0.39 is 15.4 Å². The summed E-state index contributed by atoms with van der Waals surface area (Å²) in [5.74, 6) is 0.733. The minimum atomic E-state index is -3.56. The van der Waals surface area contributed by atoms with Gasteiger partial charge in [-0.15, -0.1) is 0 Å². The van der Waals surface area contributed by atoms with E-state index >= 15 is 0 Å². The number of hydrogen-bond acceptors (Lipinski definition) is 4. The van der Waals surface area contributed by atoms with E-state index in [2.05, 4.69) is 0 Å². The molecule has 0 aromatic heterocycles. The number of fused-ring (bicyclic) bond motifs is 1. The molecule has 3 rings (SSSR count). The second-order valence-electron chi connectivity index (χ2n) is 8.16. The van der Waals surface area contributed by atoms with Crippen molar-refractivity contribution in [3.63, 3.8) is 0 Å². The van der Waals surface area contributed by atoms with Crippen LogP contribution in [0.25, 0.3) is 0 Å². The van der Waals surface area contributed by atoms with E-state index in [-0.39, 0.29) is 10.8 Å². The van der Waals surface area contributed by atoms with E-state index in [9.17, 15) is 13.2 Å².